The molecule has 35 heavy (non-hydrogen) atoms. The van der Waals surface area contributed by atoms with E-state index >= 15 is 0 Å². The van der Waals surface area contributed by atoms with E-state index in [0.29, 0.717) is 0 Å². The molecule has 0 amide bonds. The van der Waals surface area contributed by atoms with E-state index in [1.807, 2.05) is 48.5 Å². The summed E-state index contributed by atoms with van der Waals surface area (Å²) < 4.78 is 2.31. The molecule has 0 radical (unpaired) electrons. The minimum absolute atomic E-state index is 0.747. The lowest BCUT2D eigenvalue weighted by atomic mass is 9.98. The largest absolute Gasteiger partial charge is 0.399 e. The van der Waals surface area contributed by atoms with Crippen LogP contribution in [0.2, 0.25) is 0 Å². The smallest absolute Gasteiger partial charge is 0.220 e. The third kappa shape index (κ3) is 4.39. The molecule has 7 nitrogen and oxygen atoms in total. The van der Waals surface area contributed by atoms with Crippen LogP contribution in [0.4, 0.5) is 17.1 Å². The summed E-state index contributed by atoms with van der Waals surface area (Å²) in [7, 11) is 0. The van der Waals surface area contributed by atoms with Crippen LogP contribution < -0.4 is 21.6 Å². The topological polar surface area (TPSA) is 105 Å². The number of nitrogens with two attached hydrogens (primary N) is 2. The molecule has 7 heteroatoms. The minimum Gasteiger partial charge on any atom is -0.399 e. The monoisotopic (exact) mass is 460 g/mol. The van der Waals surface area contributed by atoms with E-state index < -0.39 is 0 Å². The van der Waals surface area contributed by atoms with Crippen LogP contribution in [0.15, 0.2) is 106 Å². The Morgan fingerprint density at radius 3 is 2.49 bits per heavy atom. The zero-order valence-electron chi connectivity index (χ0n) is 19.4. The summed E-state index contributed by atoms with van der Waals surface area (Å²) in [6, 6.07) is 30.3. The highest BCUT2D eigenvalue weighted by Crippen LogP contribution is 2.34. The van der Waals surface area contributed by atoms with Crippen LogP contribution in [0, 0.1) is 0 Å². The van der Waals surface area contributed by atoms with E-state index in [2.05, 4.69) is 74.8 Å². The Morgan fingerprint density at radius 1 is 0.857 bits per heavy atom. The van der Waals surface area contributed by atoms with Crippen LogP contribution in [0.3, 0.4) is 0 Å². The third-order valence-electron chi connectivity index (χ3n) is 5.95. The molecule has 0 aliphatic heterocycles. The first-order valence-corrected chi connectivity index (χ1v) is 11.4. The Bertz CT molecular complexity index is 1570. The van der Waals surface area contributed by atoms with Gasteiger partial charge in [-0.3, -0.25) is 5.43 Å². The molecule has 0 bridgehead atoms. The molecule has 5 rings (SSSR count). The van der Waals surface area contributed by atoms with Gasteiger partial charge in [-0.25, -0.2) is 0 Å². The standard InChI is InChI=1S/C28H25N7/c1-2-35-27-16-21(29)11-13-25(27)24-14-12-23(17-26(24)28(35)20-8-4-3-5-9-20)33-34-32-22-10-6-7-19(15-22)18-31-30/h3-18,29H,2,30H2,1H3,(H,32,33)/p+1. The summed E-state index contributed by atoms with van der Waals surface area (Å²) in [5, 5.41) is 15.6. The molecule has 4 aromatic carbocycles. The van der Waals surface area contributed by atoms with E-state index in [1.54, 1.807) is 6.21 Å². The molecular weight excluding hydrogens is 434 g/mol. The number of anilines is 2. The van der Waals surface area contributed by atoms with Crippen molar-refractivity contribution in [2.45, 2.75) is 13.5 Å². The maximum absolute atomic E-state index is 6.17. The van der Waals surface area contributed by atoms with E-state index in [0.717, 1.165) is 62.1 Å². The number of hydrazone groups is 1. The average molecular weight is 461 g/mol. The van der Waals surface area contributed by atoms with E-state index in [9.17, 15) is 0 Å². The Balaban J connectivity index is 1.63. The first-order chi connectivity index (χ1) is 17.2. The number of benzene rings is 4. The number of nitrogen functional groups attached to an aromatic ring is 1. The maximum Gasteiger partial charge on any atom is 0.220 e. The fourth-order valence-electron chi connectivity index (χ4n) is 4.44. The number of nitrogens with zero attached hydrogens (tertiary/aromatic N) is 4. The highest BCUT2D eigenvalue weighted by Gasteiger charge is 2.22. The van der Waals surface area contributed by atoms with E-state index in [1.165, 1.54) is 0 Å². The second-order valence-electron chi connectivity index (χ2n) is 8.18. The molecule has 0 saturated heterocycles. The fraction of sp³-hybridized carbons (Fsp3) is 0.0714. The second-order valence-corrected chi connectivity index (χ2v) is 8.18. The number of aromatic nitrogens is 1. The van der Waals surface area contributed by atoms with E-state index in [4.69, 9.17) is 11.6 Å². The predicted molar refractivity (Wildman–Crippen MR) is 144 cm³/mol. The number of rotatable bonds is 6. The molecule has 0 aliphatic rings. The third-order valence-corrected chi connectivity index (χ3v) is 5.95. The summed E-state index contributed by atoms with van der Waals surface area (Å²) in [6.07, 6.45) is 1.58. The van der Waals surface area contributed by atoms with Gasteiger partial charge in [0.1, 0.15) is 6.54 Å². The number of nitrogens with one attached hydrogen (secondary N) is 1. The van der Waals surface area contributed by atoms with Gasteiger partial charge in [0.05, 0.1) is 28.4 Å². The number of aryl methyl sites for hydroxylation is 1. The second kappa shape index (κ2) is 9.61. The highest BCUT2D eigenvalue weighted by molar-refractivity contribution is 6.10. The van der Waals surface area contributed by atoms with Crippen LogP contribution >= 0.6 is 0 Å². The molecule has 0 aliphatic carbocycles. The molecule has 5 N–H and O–H groups in total. The predicted octanol–water partition coefficient (Wildman–Crippen LogP) is 5.95. The van der Waals surface area contributed by atoms with Crippen LogP contribution in [0.1, 0.15) is 12.5 Å². The number of pyridine rings is 1. The van der Waals surface area contributed by atoms with Crippen molar-refractivity contribution in [3.05, 3.63) is 96.6 Å². The molecular formula is C28H26N7+. The van der Waals surface area contributed by atoms with Gasteiger partial charge in [-0.2, -0.15) is 9.67 Å². The normalized spacial score (nSPS) is 11.7. The number of hydrogen-bond acceptors (Lipinski definition) is 5. The lowest BCUT2D eigenvalue weighted by Gasteiger charge is -2.12. The van der Waals surface area contributed by atoms with Gasteiger partial charge in [-0.1, -0.05) is 41.6 Å². The van der Waals surface area contributed by atoms with Crippen molar-refractivity contribution < 1.29 is 4.57 Å². The van der Waals surface area contributed by atoms with Crippen LogP contribution in [0.5, 0.6) is 0 Å². The zero-order chi connectivity index (χ0) is 24.2. The summed E-state index contributed by atoms with van der Waals surface area (Å²) in [6.45, 7) is 2.95. The molecule has 0 spiro atoms. The Kier molecular flexibility index (Phi) is 6.05. The van der Waals surface area contributed by atoms with Gasteiger partial charge in [0.25, 0.3) is 0 Å². The van der Waals surface area contributed by atoms with Gasteiger partial charge >= 0.3 is 0 Å². The van der Waals surface area contributed by atoms with E-state index in [-0.39, 0.29) is 0 Å². The molecule has 0 saturated carbocycles. The Morgan fingerprint density at radius 2 is 1.69 bits per heavy atom. The summed E-state index contributed by atoms with van der Waals surface area (Å²) >= 11 is 0. The van der Waals surface area contributed by atoms with Gasteiger partial charge in [-0.05, 0) is 61.0 Å². The van der Waals surface area contributed by atoms with Gasteiger partial charge in [0.15, 0.2) is 0 Å². The van der Waals surface area contributed by atoms with Crippen LogP contribution in [-0.4, -0.2) is 6.21 Å². The number of fused-ring (bicyclic) bond motifs is 3. The Hall–Kier alpha value is -4.78. The molecule has 0 atom stereocenters. The minimum atomic E-state index is 0.747. The SMILES string of the molecule is CC[n+]1c(-c2ccccc2)c2cc(N=NNc3cccc(C=NN)c3)ccc2c2ccc(N)cc21. The average Bonchev–Trinajstić information content (AvgIpc) is 2.88. The van der Waals surface area contributed by atoms with Crippen molar-refractivity contribution in [3.8, 4) is 11.3 Å². The highest BCUT2D eigenvalue weighted by atomic mass is 15.4. The molecule has 0 fully saturated rings. The molecule has 0 unspecified atom stereocenters. The van der Waals surface area contributed by atoms with Crippen molar-refractivity contribution in [1.82, 2.24) is 0 Å². The van der Waals surface area contributed by atoms with Crippen molar-refractivity contribution in [2.24, 2.45) is 21.3 Å². The molecule has 5 aromatic rings. The maximum atomic E-state index is 6.17. The zero-order valence-corrected chi connectivity index (χ0v) is 19.4. The van der Waals surface area contributed by atoms with Crippen LogP contribution in [-0.2, 0) is 6.54 Å². The van der Waals surface area contributed by atoms with Crippen molar-refractivity contribution >= 4 is 45.0 Å². The van der Waals surface area contributed by atoms with Crippen LogP contribution in [0.25, 0.3) is 32.9 Å². The lowest BCUT2D eigenvalue weighted by molar-refractivity contribution is -0.655. The first-order valence-electron chi connectivity index (χ1n) is 11.4. The molecule has 172 valence electrons. The fourth-order valence-corrected chi connectivity index (χ4v) is 4.44. The number of hydrogen-bond donors (Lipinski definition) is 3. The summed E-state index contributed by atoms with van der Waals surface area (Å²) in [5.74, 6) is 5.25. The molecule has 1 heterocycles. The van der Waals surface area contributed by atoms with Gasteiger partial charge in [-0.15, -0.1) is 5.11 Å². The van der Waals surface area contributed by atoms with Crippen molar-refractivity contribution in [2.75, 3.05) is 11.2 Å². The lowest BCUT2D eigenvalue weighted by Crippen LogP contribution is -2.36. The molecule has 1 aromatic heterocycles. The summed E-state index contributed by atoms with van der Waals surface area (Å²) in [5.41, 5.74) is 15.7. The van der Waals surface area contributed by atoms with Crippen molar-refractivity contribution in [1.29, 1.82) is 0 Å². The summed E-state index contributed by atoms with van der Waals surface area (Å²) in [4.78, 5) is 0. The quantitative estimate of drug-likeness (QED) is 0.0554. The van der Waals surface area contributed by atoms with Crippen molar-refractivity contribution in [3.63, 3.8) is 0 Å². The first kappa shape index (κ1) is 22.0. The van der Waals surface area contributed by atoms with Gasteiger partial charge < -0.3 is 11.6 Å². The van der Waals surface area contributed by atoms with Gasteiger partial charge in [0, 0.05) is 22.7 Å². The Labute approximate surface area is 203 Å². The van der Waals surface area contributed by atoms with Gasteiger partial charge in [0.2, 0.25) is 11.2 Å².